The highest BCUT2D eigenvalue weighted by Crippen LogP contribution is 2.27. The third-order valence-electron chi connectivity index (χ3n) is 5.01. The van der Waals surface area contributed by atoms with Crippen molar-refractivity contribution in [2.75, 3.05) is 26.3 Å². The van der Waals surface area contributed by atoms with Crippen LogP contribution in [0.25, 0.3) is 16.6 Å². The van der Waals surface area contributed by atoms with Gasteiger partial charge in [0.15, 0.2) is 5.16 Å². The minimum atomic E-state index is -0.368. The Labute approximate surface area is 192 Å². The van der Waals surface area contributed by atoms with Crippen molar-refractivity contribution in [1.82, 2.24) is 14.5 Å². The number of fused-ring (bicyclic) bond motifs is 1. The number of amides is 1. The maximum Gasteiger partial charge on any atom is 0.266 e. The zero-order chi connectivity index (χ0) is 21.3. The molecule has 0 aliphatic carbocycles. The van der Waals surface area contributed by atoms with E-state index in [1.807, 2.05) is 61.2 Å². The number of morpholine rings is 1. The molecule has 1 aliphatic heterocycles. The Morgan fingerprint density at radius 3 is 2.70 bits per heavy atom. The minimum Gasteiger partial charge on any atom is -0.378 e. The number of aromatic nitrogens is 2. The highest BCUT2D eigenvalue weighted by Gasteiger charge is 2.25. The number of rotatable bonds is 4. The number of carbonyl (C=O) groups excluding carboxylic acids is 1. The topological polar surface area (TPSA) is 64.4 Å². The van der Waals surface area contributed by atoms with Crippen molar-refractivity contribution in [1.29, 1.82) is 0 Å². The maximum atomic E-state index is 13.5. The monoisotopic (exact) mass is 535 g/mol. The summed E-state index contributed by atoms with van der Waals surface area (Å²) in [5, 5.41) is 0.723. The second kappa shape index (κ2) is 9.07. The number of hydrogen-bond acceptors (Lipinski definition) is 5. The van der Waals surface area contributed by atoms with E-state index in [-0.39, 0.29) is 16.7 Å². The number of halogens is 1. The number of ether oxygens (including phenoxy) is 1. The van der Waals surface area contributed by atoms with E-state index in [1.54, 1.807) is 4.57 Å². The Balaban J connectivity index is 1.79. The lowest BCUT2D eigenvalue weighted by Crippen LogP contribution is -2.44. The van der Waals surface area contributed by atoms with Gasteiger partial charge in [-0.05, 0) is 72.3 Å². The molecule has 8 heteroatoms. The predicted molar refractivity (Wildman–Crippen MR) is 128 cm³/mol. The summed E-state index contributed by atoms with van der Waals surface area (Å²) in [7, 11) is 0. The van der Waals surface area contributed by atoms with Crippen LogP contribution >= 0.6 is 34.4 Å². The first-order valence-corrected chi connectivity index (χ1v) is 11.7. The zero-order valence-corrected chi connectivity index (χ0v) is 19.8. The molecule has 0 spiro atoms. The summed E-state index contributed by atoms with van der Waals surface area (Å²) >= 11 is 3.52. The fraction of sp³-hybridized carbons (Fsp3) is 0.318. The largest absolute Gasteiger partial charge is 0.378 e. The number of nitrogens with zero attached hydrogens (tertiary/aromatic N) is 3. The highest BCUT2D eigenvalue weighted by molar-refractivity contribution is 14.1. The van der Waals surface area contributed by atoms with Crippen LogP contribution in [0.1, 0.15) is 12.5 Å². The Morgan fingerprint density at radius 1 is 1.20 bits per heavy atom. The van der Waals surface area contributed by atoms with E-state index < -0.39 is 0 Å². The molecule has 0 radical (unpaired) electrons. The number of benzene rings is 2. The fourth-order valence-corrected chi connectivity index (χ4v) is 4.96. The van der Waals surface area contributed by atoms with Crippen LogP contribution < -0.4 is 5.56 Å². The third kappa shape index (κ3) is 4.40. The van der Waals surface area contributed by atoms with Crippen LogP contribution in [-0.2, 0) is 9.53 Å². The summed E-state index contributed by atoms with van der Waals surface area (Å²) in [6, 6.07) is 13.4. The van der Waals surface area contributed by atoms with E-state index in [0.717, 1.165) is 14.8 Å². The molecule has 2 heterocycles. The summed E-state index contributed by atoms with van der Waals surface area (Å²) in [4.78, 5) is 33.0. The smallest absolute Gasteiger partial charge is 0.266 e. The van der Waals surface area contributed by atoms with Crippen LogP contribution in [0, 0.1) is 10.5 Å². The van der Waals surface area contributed by atoms with Crippen molar-refractivity contribution in [3.8, 4) is 5.69 Å². The summed E-state index contributed by atoms with van der Waals surface area (Å²) < 4.78 is 7.95. The van der Waals surface area contributed by atoms with Gasteiger partial charge in [-0.15, -0.1) is 0 Å². The Morgan fingerprint density at radius 2 is 1.97 bits per heavy atom. The second-order valence-corrected chi connectivity index (χ2v) is 9.79. The van der Waals surface area contributed by atoms with Gasteiger partial charge in [0.1, 0.15) is 0 Å². The van der Waals surface area contributed by atoms with Gasteiger partial charge < -0.3 is 9.64 Å². The molecule has 6 nitrogen and oxygen atoms in total. The van der Waals surface area contributed by atoms with Crippen LogP contribution in [0.5, 0.6) is 0 Å². The molecule has 1 amide bonds. The van der Waals surface area contributed by atoms with Gasteiger partial charge >= 0.3 is 0 Å². The summed E-state index contributed by atoms with van der Waals surface area (Å²) in [6.07, 6.45) is 0. The molecule has 1 atom stereocenters. The normalized spacial score (nSPS) is 15.4. The molecule has 1 aliphatic rings. The molecule has 0 saturated carbocycles. The van der Waals surface area contributed by atoms with E-state index in [2.05, 4.69) is 22.6 Å². The van der Waals surface area contributed by atoms with Gasteiger partial charge in [-0.3, -0.25) is 14.2 Å². The van der Waals surface area contributed by atoms with E-state index in [1.165, 1.54) is 11.8 Å². The van der Waals surface area contributed by atoms with Crippen molar-refractivity contribution in [2.24, 2.45) is 0 Å². The Kier molecular flexibility index (Phi) is 6.45. The number of hydrogen-bond donors (Lipinski definition) is 0. The van der Waals surface area contributed by atoms with E-state index in [0.29, 0.717) is 42.4 Å². The van der Waals surface area contributed by atoms with Gasteiger partial charge in [0.05, 0.1) is 35.1 Å². The summed E-state index contributed by atoms with van der Waals surface area (Å²) in [5.41, 5.74) is 2.31. The molecule has 30 heavy (non-hydrogen) atoms. The quantitative estimate of drug-likeness (QED) is 0.290. The van der Waals surface area contributed by atoms with Crippen molar-refractivity contribution < 1.29 is 9.53 Å². The first-order valence-electron chi connectivity index (χ1n) is 9.76. The van der Waals surface area contributed by atoms with Crippen LogP contribution in [0.4, 0.5) is 0 Å². The molecule has 0 N–H and O–H groups in total. The molecule has 1 fully saturated rings. The average Bonchev–Trinajstić information content (AvgIpc) is 2.74. The van der Waals surface area contributed by atoms with E-state index in [9.17, 15) is 9.59 Å². The van der Waals surface area contributed by atoms with Crippen LogP contribution in [-0.4, -0.2) is 51.9 Å². The summed E-state index contributed by atoms with van der Waals surface area (Å²) in [6.45, 7) is 6.17. The number of thioether (sulfide) groups is 1. The fourth-order valence-electron chi connectivity index (χ4n) is 3.46. The van der Waals surface area contributed by atoms with Crippen molar-refractivity contribution in [3.63, 3.8) is 0 Å². The predicted octanol–water partition coefficient (Wildman–Crippen LogP) is 3.64. The Bertz CT molecular complexity index is 1160. The number of aryl methyl sites for hydroxylation is 1. The van der Waals surface area contributed by atoms with Crippen LogP contribution in [0.3, 0.4) is 0 Å². The lowest BCUT2D eigenvalue weighted by atomic mass is 10.2. The Hall–Kier alpha value is -1.91. The first kappa shape index (κ1) is 21.3. The third-order valence-corrected chi connectivity index (χ3v) is 6.72. The van der Waals surface area contributed by atoms with Crippen LogP contribution in [0.2, 0.25) is 0 Å². The van der Waals surface area contributed by atoms with E-state index in [4.69, 9.17) is 9.72 Å². The molecule has 0 bridgehead atoms. The van der Waals surface area contributed by atoms with Gasteiger partial charge in [-0.2, -0.15) is 0 Å². The molecular formula is C22H22IN3O3S. The minimum absolute atomic E-state index is 0.0380. The van der Waals surface area contributed by atoms with Gasteiger partial charge in [0.25, 0.3) is 5.56 Å². The average molecular weight is 535 g/mol. The molecule has 3 aromatic rings. The van der Waals surface area contributed by atoms with E-state index >= 15 is 0 Å². The van der Waals surface area contributed by atoms with Gasteiger partial charge in [0, 0.05) is 16.7 Å². The number of carbonyl (C=O) groups is 1. The van der Waals surface area contributed by atoms with Gasteiger partial charge in [-0.25, -0.2) is 4.98 Å². The maximum absolute atomic E-state index is 13.5. The molecule has 156 valence electrons. The van der Waals surface area contributed by atoms with Crippen LogP contribution in [0.15, 0.2) is 52.4 Å². The zero-order valence-electron chi connectivity index (χ0n) is 16.8. The van der Waals surface area contributed by atoms with Crippen molar-refractivity contribution >= 4 is 51.2 Å². The molecular weight excluding hydrogens is 513 g/mol. The molecule has 0 unspecified atom stereocenters. The molecule has 2 aromatic carbocycles. The van der Waals surface area contributed by atoms with Gasteiger partial charge in [-0.1, -0.05) is 23.9 Å². The molecule has 1 saturated heterocycles. The lowest BCUT2D eigenvalue weighted by molar-refractivity contribution is -0.134. The SMILES string of the molecule is Cc1cccc(-n2c(S[C@H](C)C(=O)N3CCOCC3)nc3ccc(I)cc3c2=O)c1. The summed E-state index contributed by atoms with van der Waals surface area (Å²) in [5.74, 6) is 0.0380. The molecule has 4 rings (SSSR count). The first-order chi connectivity index (χ1) is 14.4. The second-order valence-electron chi connectivity index (χ2n) is 7.23. The molecule has 1 aromatic heterocycles. The lowest BCUT2D eigenvalue weighted by Gasteiger charge is -2.29. The van der Waals surface area contributed by atoms with Crippen molar-refractivity contribution in [3.05, 3.63) is 62.0 Å². The highest BCUT2D eigenvalue weighted by atomic mass is 127. The van der Waals surface area contributed by atoms with Gasteiger partial charge in [0.2, 0.25) is 5.91 Å². The standard InChI is InChI=1S/C22H22IN3O3S/c1-14-4-3-5-17(12-14)26-21(28)18-13-16(23)6-7-19(18)24-22(26)30-15(2)20(27)25-8-10-29-11-9-25/h3-7,12-13,15H,8-11H2,1-2H3/t15-/m1/s1. The van der Waals surface area contributed by atoms with Crippen molar-refractivity contribution in [2.45, 2.75) is 24.3 Å².